The van der Waals surface area contributed by atoms with Crippen LogP contribution in [0.4, 0.5) is 5.69 Å². The van der Waals surface area contributed by atoms with E-state index in [0.717, 1.165) is 4.47 Å². The molecule has 9 nitrogen and oxygen atoms in total. The van der Waals surface area contributed by atoms with E-state index in [1.54, 1.807) is 25.2 Å². The van der Waals surface area contributed by atoms with Crippen molar-refractivity contribution in [2.45, 2.75) is 11.8 Å². The molecule has 2 aromatic rings. The normalized spacial score (nSPS) is 19.9. The Hall–Kier alpha value is -3.32. The first-order chi connectivity index (χ1) is 13.4. The number of hydrogen-bond acceptors (Lipinski definition) is 7. The number of methoxy groups -OCH3 is 1. The van der Waals surface area contributed by atoms with Crippen molar-refractivity contribution < 1.29 is 19.1 Å². The number of carbonyl (C=O) groups is 2. The lowest BCUT2D eigenvalue weighted by Crippen LogP contribution is -2.45. The molecule has 2 aliphatic rings. The second-order valence-corrected chi connectivity index (χ2v) is 7.28. The van der Waals surface area contributed by atoms with Crippen LogP contribution in [0.1, 0.15) is 16.8 Å². The molecule has 2 aliphatic heterocycles. The summed E-state index contributed by atoms with van der Waals surface area (Å²) in [6, 6.07) is 7.35. The summed E-state index contributed by atoms with van der Waals surface area (Å²) in [6.45, 7) is 0. The Morgan fingerprint density at radius 1 is 1.54 bits per heavy atom. The second kappa shape index (κ2) is 6.10. The topological polar surface area (TPSA) is 134 Å². The number of halogens is 1. The van der Waals surface area contributed by atoms with Gasteiger partial charge in [0.15, 0.2) is 0 Å². The third-order valence-electron chi connectivity index (χ3n) is 5.02. The van der Waals surface area contributed by atoms with Crippen LogP contribution < -0.4 is 15.4 Å². The number of nitrogens with two attached hydrogens (primary N) is 1. The lowest BCUT2D eigenvalue weighted by Gasteiger charge is -2.32. The van der Waals surface area contributed by atoms with Crippen LogP contribution in [0, 0.1) is 11.3 Å². The van der Waals surface area contributed by atoms with E-state index in [0.29, 0.717) is 16.9 Å². The zero-order valence-electron chi connectivity index (χ0n) is 14.9. The quantitative estimate of drug-likeness (QED) is 0.666. The van der Waals surface area contributed by atoms with E-state index in [-0.39, 0.29) is 29.3 Å². The molecule has 4 rings (SSSR count). The third kappa shape index (κ3) is 2.13. The number of nitriles is 1. The van der Waals surface area contributed by atoms with Crippen molar-refractivity contribution in [1.82, 2.24) is 10.2 Å². The molecule has 142 valence electrons. The van der Waals surface area contributed by atoms with E-state index in [4.69, 9.17) is 15.2 Å². The number of aromatic nitrogens is 2. The van der Waals surface area contributed by atoms with Gasteiger partial charge in [-0.05, 0) is 18.2 Å². The average Bonchev–Trinajstić information content (AvgIpc) is 3.15. The van der Waals surface area contributed by atoms with E-state index in [1.807, 2.05) is 6.07 Å². The molecule has 1 atom stereocenters. The number of ether oxygens (including phenoxy) is 2. The number of hydrogen-bond donors (Lipinski definition) is 2. The minimum absolute atomic E-state index is 0.0463. The van der Waals surface area contributed by atoms with Crippen LogP contribution in [0.3, 0.4) is 0 Å². The Labute approximate surface area is 167 Å². The molecule has 3 heterocycles. The van der Waals surface area contributed by atoms with Crippen molar-refractivity contribution in [2.75, 3.05) is 19.1 Å². The summed E-state index contributed by atoms with van der Waals surface area (Å²) in [6.07, 6.45) is -0.178. The highest BCUT2D eigenvalue weighted by Gasteiger charge is 2.60. The number of nitrogens with zero attached hydrogens (tertiary/aromatic N) is 3. The lowest BCUT2D eigenvalue weighted by atomic mass is 9.69. The van der Waals surface area contributed by atoms with Gasteiger partial charge in [0.2, 0.25) is 17.7 Å². The van der Waals surface area contributed by atoms with Gasteiger partial charge in [-0.15, -0.1) is 5.10 Å². The first-order valence-corrected chi connectivity index (χ1v) is 8.96. The van der Waals surface area contributed by atoms with Gasteiger partial charge in [0.1, 0.15) is 17.1 Å². The average molecular weight is 444 g/mol. The van der Waals surface area contributed by atoms with Crippen LogP contribution in [0.25, 0.3) is 0 Å². The number of benzene rings is 1. The van der Waals surface area contributed by atoms with Gasteiger partial charge in [-0.25, -0.2) is 0 Å². The molecule has 1 aromatic carbocycles. The molecular formula is C18H14BrN5O4. The molecule has 0 fully saturated rings. The highest BCUT2D eigenvalue weighted by Crippen LogP contribution is 2.55. The number of amides is 1. The molecule has 0 saturated carbocycles. The fourth-order valence-electron chi connectivity index (χ4n) is 3.83. The van der Waals surface area contributed by atoms with Crippen molar-refractivity contribution in [3.8, 4) is 11.9 Å². The first kappa shape index (κ1) is 18.1. The Morgan fingerprint density at radius 2 is 2.29 bits per heavy atom. The molecule has 1 aromatic heterocycles. The number of anilines is 1. The minimum atomic E-state index is -1.57. The summed E-state index contributed by atoms with van der Waals surface area (Å²) in [7, 11) is 2.88. The van der Waals surface area contributed by atoms with Gasteiger partial charge in [-0.1, -0.05) is 15.9 Å². The zero-order chi connectivity index (χ0) is 20.2. The van der Waals surface area contributed by atoms with E-state index < -0.39 is 17.3 Å². The monoisotopic (exact) mass is 443 g/mol. The first-order valence-electron chi connectivity index (χ1n) is 8.17. The number of likely N-dealkylation sites (N-methyl/N-ethyl adjacent to an activating group) is 1. The van der Waals surface area contributed by atoms with Crippen LogP contribution in [0.15, 0.2) is 34.1 Å². The largest absolute Gasteiger partial charge is 0.469 e. The van der Waals surface area contributed by atoms with Crippen LogP contribution >= 0.6 is 15.9 Å². The highest BCUT2D eigenvalue weighted by molar-refractivity contribution is 9.10. The molecule has 0 saturated heterocycles. The summed E-state index contributed by atoms with van der Waals surface area (Å²) >= 11 is 3.42. The number of esters is 1. The van der Waals surface area contributed by atoms with Crippen molar-refractivity contribution in [1.29, 1.82) is 5.26 Å². The summed E-state index contributed by atoms with van der Waals surface area (Å²) in [5.74, 6) is -1.08. The molecule has 0 bridgehead atoms. The fraction of sp³-hybridized carbons (Fsp3) is 0.222. The van der Waals surface area contributed by atoms with E-state index in [9.17, 15) is 14.9 Å². The fourth-order valence-corrected chi connectivity index (χ4v) is 4.19. The Balaban J connectivity index is 2.11. The third-order valence-corrected chi connectivity index (χ3v) is 5.51. The molecule has 0 aliphatic carbocycles. The van der Waals surface area contributed by atoms with Gasteiger partial charge in [0.25, 0.3) is 0 Å². The van der Waals surface area contributed by atoms with Crippen molar-refractivity contribution in [2.24, 2.45) is 5.73 Å². The van der Waals surface area contributed by atoms with Gasteiger partial charge in [-0.3, -0.25) is 14.7 Å². The van der Waals surface area contributed by atoms with Gasteiger partial charge >= 0.3 is 5.97 Å². The minimum Gasteiger partial charge on any atom is -0.469 e. The second-order valence-electron chi connectivity index (χ2n) is 6.36. The number of rotatable bonds is 2. The summed E-state index contributed by atoms with van der Waals surface area (Å²) in [5.41, 5.74) is 6.15. The van der Waals surface area contributed by atoms with Crippen molar-refractivity contribution in [3.63, 3.8) is 0 Å². The SMILES string of the molecule is COC(=O)Cc1[nH]nc2c1[C@]1(C(=O)N(C)c3ccc(Br)cc31)C(C#N)=C(N)O2. The van der Waals surface area contributed by atoms with Crippen LogP contribution in [0.2, 0.25) is 0 Å². The predicted octanol–water partition coefficient (Wildman–Crippen LogP) is 1.24. The van der Waals surface area contributed by atoms with E-state index >= 15 is 0 Å². The lowest BCUT2D eigenvalue weighted by molar-refractivity contribution is -0.139. The number of H-pyrrole nitrogens is 1. The number of aromatic amines is 1. The Kier molecular flexibility index (Phi) is 3.94. The molecule has 28 heavy (non-hydrogen) atoms. The zero-order valence-corrected chi connectivity index (χ0v) is 16.5. The molecule has 3 N–H and O–H groups in total. The molecule has 0 unspecified atom stereocenters. The van der Waals surface area contributed by atoms with Crippen molar-refractivity contribution >= 4 is 33.5 Å². The van der Waals surface area contributed by atoms with Gasteiger partial charge in [-0.2, -0.15) is 5.26 Å². The van der Waals surface area contributed by atoms with Crippen LogP contribution in [0.5, 0.6) is 5.88 Å². The maximum absolute atomic E-state index is 13.6. The summed E-state index contributed by atoms with van der Waals surface area (Å²) < 4.78 is 11.0. The van der Waals surface area contributed by atoms with E-state index in [2.05, 4.69) is 26.1 Å². The Morgan fingerprint density at radius 3 is 2.96 bits per heavy atom. The molecule has 0 radical (unpaired) electrons. The maximum Gasteiger partial charge on any atom is 0.311 e. The van der Waals surface area contributed by atoms with E-state index in [1.165, 1.54) is 12.0 Å². The molecule has 1 amide bonds. The standard InChI is InChI=1S/C18H14BrN5O4/c1-24-12-4-3-8(19)5-9(12)18(17(24)26)10(7-20)15(21)28-16-14(18)11(22-23-16)6-13(25)27-2/h3-5H,6,21H2,1-2H3,(H,22,23)/t18-/m1/s1. The highest BCUT2D eigenvalue weighted by atomic mass is 79.9. The van der Waals surface area contributed by atoms with Crippen LogP contribution in [-0.4, -0.2) is 36.2 Å². The predicted molar refractivity (Wildman–Crippen MR) is 100 cm³/mol. The molecular weight excluding hydrogens is 430 g/mol. The van der Waals surface area contributed by atoms with Gasteiger partial charge in [0, 0.05) is 22.8 Å². The number of carbonyl (C=O) groups excluding carboxylic acids is 2. The number of nitrogens with one attached hydrogen (secondary N) is 1. The molecule has 10 heteroatoms. The van der Waals surface area contributed by atoms with Crippen molar-refractivity contribution in [3.05, 3.63) is 50.9 Å². The van der Waals surface area contributed by atoms with Gasteiger partial charge < -0.3 is 20.1 Å². The Bertz CT molecular complexity index is 1120. The van der Waals surface area contributed by atoms with Gasteiger partial charge in [0.05, 0.1) is 24.8 Å². The maximum atomic E-state index is 13.6. The molecule has 1 spiro atoms. The number of fused-ring (bicyclic) bond motifs is 4. The summed E-state index contributed by atoms with van der Waals surface area (Å²) in [5, 5.41) is 16.7. The smallest absolute Gasteiger partial charge is 0.311 e. The summed E-state index contributed by atoms with van der Waals surface area (Å²) in [4.78, 5) is 27.0. The van der Waals surface area contributed by atoms with Crippen LogP contribution in [-0.2, 0) is 26.2 Å².